The lowest BCUT2D eigenvalue weighted by Crippen LogP contribution is -2.49. The van der Waals surface area contributed by atoms with Crippen molar-refractivity contribution in [2.75, 3.05) is 6.61 Å². The third kappa shape index (κ3) is 5.54. The lowest BCUT2D eigenvalue weighted by Gasteiger charge is -2.22. The number of fused-ring (bicyclic) bond motifs is 3. The van der Waals surface area contributed by atoms with Crippen LogP contribution in [0.4, 0.5) is 0 Å². The minimum atomic E-state index is -1.65. The van der Waals surface area contributed by atoms with Gasteiger partial charge in [-0.1, -0.05) is 69.3 Å². The molecule has 164 valence electrons. The molecule has 2 aromatic carbocycles. The van der Waals surface area contributed by atoms with Crippen molar-refractivity contribution < 1.29 is 24.4 Å². The molecule has 1 aliphatic rings. The van der Waals surface area contributed by atoms with Crippen molar-refractivity contribution in [1.82, 2.24) is 5.32 Å². The van der Waals surface area contributed by atoms with E-state index in [2.05, 4.69) is 29.6 Å². The maximum Gasteiger partial charge on any atom is 0.475 e. The van der Waals surface area contributed by atoms with E-state index in [0.717, 1.165) is 22.3 Å². The Bertz CT molecular complexity index is 884. The molecule has 3 N–H and O–H groups in total. The Morgan fingerprint density at radius 2 is 1.55 bits per heavy atom. The summed E-state index contributed by atoms with van der Waals surface area (Å²) in [5.74, 6) is -2.09. The fraction of sp³-hybridized carbons (Fsp3) is 0.417. The molecule has 0 saturated heterocycles. The van der Waals surface area contributed by atoms with Crippen LogP contribution in [-0.2, 0) is 14.3 Å². The molecule has 0 radical (unpaired) electrons. The summed E-state index contributed by atoms with van der Waals surface area (Å²) in [6.07, 6.45) is 0.360. The number of benzene rings is 2. The van der Waals surface area contributed by atoms with E-state index >= 15 is 0 Å². The predicted octanol–water partition coefficient (Wildman–Crippen LogP) is 2.91. The van der Waals surface area contributed by atoms with E-state index in [1.165, 1.54) is 0 Å². The molecule has 0 spiro atoms. The van der Waals surface area contributed by atoms with Gasteiger partial charge in [-0.15, -0.1) is 0 Å². The zero-order valence-electron chi connectivity index (χ0n) is 18.2. The molecule has 6 nitrogen and oxygen atoms in total. The van der Waals surface area contributed by atoms with Gasteiger partial charge in [0.15, 0.2) is 0 Å². The van der Waals surface area contributed by atoms with E-state index in [-0.39, 0.29) is 24.9 Å². The molecule has 0 heterocycles. The smallest absolute Gasteiger partial charge is 0.465 e. The molecule has 31 heavy (non-hydrogen) atoms. The van der Waals surface area contributed by atoms with Crippen LogP contribution in [-0.4, -0.2) is 41.6 Å². The van der Waals surface area contributed by atoms with Crippen LogP contribution in [0.2, 0.25) is 0 Å². The van der Waals surface area contributed by atoms with Crippen LogP contribution in [0.15, 0.2) is 48.5 Å². The van der Waals surface area contributed by atoms with E-state index in [1.807, 2.05) is 38.1 Å². The molecule has 0 aromatic heterocycles. The molecule has 0 bridgehead atoms. The zero-order chi connectivity index (χ0) is 22.5. The molecule has 2 atom stereocenters. The van der Waals surface area contributed by atoms with Gasteiger partial charge in [-0.3, -0.25) is 9.59 Å². The van der Waals surface area contributed by atoms with Gasteiger partial charge in [-0.25, -0.2) is 0 Å². The Labute approximate surface area is 183 Å². The molecule has 1 aliphatic carbocycles. The molecular formula is C24H30BNO5. The zero-order valence-corrected chi connectivity index (χ0v) is 18.2. The van der Waals surface area contributed by atoms with Crippen LogP contribution >= 0.6 is 0 Å². The van der Waals surface area contributed by atoms with Gasteiger partial charge in [-0.05, 0) is 34.6 Å². The van der Waals surface area contributed by atoms with E-state index < -0.39 is 30.9 Å². The Balaban J connectivity index is 1.57. The molecule has 0 saturated carbocycles. The largest absolute Gasteiger partial charge is 0.475 e. The van der Waals surface area contributed by atoms with Crippen molar-refractivity contribution in [2.45, 2.75) is 45.5 Å². The van der Waals surface area contributed by atoms with Gasteiger partial charge in [0.1, 0.15) is 6.61 Å². The standard InChI is InChI=1S/C24H30BNO5/c1-15(2)12-22(25(29)30)26-24(28)16(3)13-23(27)31-14-21-19-10-6-4-8-17(19)18-9-5-7-11-20(18)21/h4-11,15-16,21-22,29-30H,12-14H2,1-3H3,(H,26,28)/t16-,22-/m0/s1. The van der Waals surface area contributed by atoms with Crippen molar-refractivity contribution in [3.05, 3.63) is 59.7 Å². The minimum absolute atomic E-state index is 0.0274. The molecule has 2 aromatic rings. The Morgan fingerprint density at radius 1 is 1.00 bits per heavy atom. The number of carbonyl (C=O) groups is 2. The summed E-state index contributed by atoms with van der Waals surface area (Å²) >= 11 is 0. The summed E-state index contributed by atoms with van der Waals surface area (Å²) in [5.41, 5.74) is 4.59. The van der Waals surface area contributed by atoms with Gasteiger partial charge in [0, 0.05) is 11.8 Å². The lowest BCUT2D eigenvalue weighted by atomic mass is 9.75. The number of esters is 1. The summed E-state index contributed by atoms with van der Waals surface area (Å²) in [6, 6.07) is 16.2. The van der Waals surface area contributed by atoms with E-state index in [9.17, 15) is 19.6 Å². The molecule has 0 aliphatic heterocycles. The van der Waals surface area contributed by atoms with Gasteiger partial charge < -0.3 is 20.1 Å². The highest BCUT2D eigenvalue weighted by Crippen LogP contribution is 2.44. The van der Waals surface area contributed by atoms with Gasteiger partial charge in [0.05, 0.1) is 12.4 Å². The highest BCUT2D eigenvalue weighted by atomic mass is 16.5. The molecule has 0 unspecified atom stereocenters. The molecule has 0 fully saturated rings. The average Bonchev–Trinajstić information content (AvgIpc) is 3.05. The highest BCUT2D eigenvalue weighted by Gasteiger charge is 2.31. The van der Waals surface area contributed by atoms with Crippen molar-refractivity contribution in [2.24, 2.45) is 11.8 Å². The van der Waals surface area contributed by atoms with Crippen molar-refractivity contribution >= 4 is 19.0 Å². The van der Waals surface area contributed by atoms with Gasteiger partial charge in [0.25, 0.3) is 0 Å². The average molecular weight is 423 g/mol. The number of ether oxygens (including phenoxy) is 1. The second kappa shape index (κ2) is 10.1. The Kier molecular flexibility index (Phi) is 7.52. The van der Waals surface area contributed by atoms with Crippen LogP contribution in [0.25, 0.3) is 11.1 Å². The van der Waals surface area contributed by atoms with Crippen molar-refractivity contribution in [1.29, 1.82) is 0 Å². The number of nitrogens with one attached hydrogen (secondary N) is 1. The first kappa shape index (κ1) is 23.0. The van der Waals surface area contributed by atoms with Crippen LogP contribution in [0.5, 0.6) is 0 Å². The minimum Gasteiger partial charge on any atom is -0.465 e. The summed E-state index contributed by atoms with van der Waals surface area (Å²) in [6.45, 7) is 5.71. The highest BCUT2D eigenvalue weighted by molar-refractivity contribution is 6.43. The number of carbonyl (C=O) groups excluding carboxylic acids is 2. The normalized spacial score (nSPS) is 14.5. The summed E-state index contributed by atoms with van der Waals surface area (Å²) in [5, 5.41) is 21.6. The topological polar surface area (TPSA) is 95.9 Å². The van der Waals surface area contributed by atoms with Crippen LogP contribution in [0, 0.1) is 11.8 Å². The number of hydrogen-bond donors (Lipinski definition) is 3. The van der Waals surface area contributed by atoms with Gasteiger partial charge >= 0.3 is 13.1 Å². The lowest BCUT2D eigenvalue weighted by molar-refractivity contribution is -0.147. The second-order valence-electron chi connectivity index (χ2n) is 8.67. The van der Waals surface area contributed by atoms with E-state index in [0.29, 0.717) is 6.42 Å². The molecular weight excluding hydrogens is 393 g/mol. The number of hydrogen-bond acceptors (Lipinski definition) is 5. The van der Waals surface area contributed by atoms with E-state index in [1.54, 1.807) is 6.92 Å². The Hall–Kier alpha value is -2.64. The maximum absolute atomic E-state index is 12.4. The quantitative estimate of drug-likeness (QED) is 0.426. The molecule has 3 rings (SSSR count). The van der Waals surface area contributed by atoms with Crippen LogP contribution in [0.3, 0.4) is 0 Å². The SMILES string of the molecule is CC(C)C[C@H](NC(=O)[C@@H](C)CC(=O)OCC1c2ccccc2-c2ccccc21)B(O)O. The third-order valence-corrected chi connectivity index (χ3v) is 5.71. The van der Waals surface area contributed by atoms with Gasteiger partial charge in [0.2, 0.25) is 5.91 Å². The fourth-order valence-electron chi connectivity index (χ4n) is 4.11. The summed E-state index contributed by atoms with van der Waals surface area (Å²) < 4.78 is 5.56. The second-order valence-corrected chi connectivity index (χ2v) is 8.67. The van der Waals surface area contributed by atoms with Gasteiger partial charge in [-0.2, -0.15) is 0 Å². The third-order valence-electron chi connectivity index (χ3n) is 5.71. The number of rotatable bonds is 9. The maximum atomic E-state index is 12.4. The molecule has 1 amide bonds. The first-order chi connectivity index (χ1) is 14.8. The molecule has 7 heteroatoms. The fourth-order valence-corrected chi connectivity index (χ4v) is 4.11. The van der Waals surface area contributed by atoms with E-state index in [4.69, 9.17) is 4.74 Å². The summed E-state index contributed by atoms with van der Waals surface area (Å²) in [7, 11) is -1.65. The Morgan fingerprint density at radius 3 is 2.06 bits per heavy atom. The first-order valence-corrected chi connectivity index (χ1v) is 10.8. The summed E-state index contributed by atoms with van der Waals surface area (Å²) in [4.78, 5) is 24.9. The van der Waals surface area contributed by atoms with Crippen LogP contribution in [0.1, 0.15) is 50.7 Å². The first-order valence-electron chi connectivity index (χ1n) is 10.8. The predicted molar refractivity (Wildman–Crippen MR) is 120 cm³/mol. The van der Waals surface area contributed by atoms with Crippen LogP contribution < -0.4 is 5.32 Å². The number of amides is 1. The van der Waals surface area contributed by atoms with Crippen molar-refractivity contribution in [3.8, 4) is 11.1 Å². The van der Waals surface area contributed by atoms with Crippen molar-refractivity contribution in [3.63, 3.8) is 0 Å². The monoisotopic (exact) mass is 423 g/mol.